The standard InChI is InChI=1S/C31H34Cl3N3O4S/c1-21-8-6-11-25(18-21)37(42(40,41)26-16-14-23(32)15-17-26)20-30(38)36(19-27-28(33)12-7-13-29(27)34)22(2)31(39)35-24-9-4-3-5-10-24/h6-8,11-18,22,24H,3-5,9-10,19-20H2,1-2H3,(H,35,39)/t22-/m0/s1. The Morgan fingerprint density at radius 2 is 1.55 bits per heavy atom. The Morgan fingerprint density at radius 3 is 2.17 bits per heavy atom. The SMILES string of the molecule is Cc1cccc(N(CC(=O)N(Cc2c(Cl)cccc2Cl)[C@@H](C)C(=O)NC2CCCCC2)S(=O)(=O)c2ccc(Cl)cc2)c1. The molecule has 1 N–H and O–H groups in total. The van der Waals surface area contributed by atoms with E-state index < -0.39 is 28.5 Å². The van der Waals surface area contributed by atoms with E-state index in [9.17, 15) is 18.0 Å². The lowest BCUT2D eigenvalue weighted by Gasteiger charge is -2.33. The third-order valence-electron chi connectivity index (χ3n) is 7.48. The van der Waals surface area contributed by atoms with E-state index in [-0.39, 0.29) is 23.4 Å². The Kier molecular flexibility index (Phi) is 10.8. The maximum Gasteiger partial charge on any atom is 0.264 e. The van der Waals surface area contributed by atoms with Crippen LogP contribution in [0.5, 0.6) is 0 Å². The average molecular weight is 651 g/mol. The quantitative estimate of drug-likeness (QED) is 0.256. The first-order chi connectivity index (χ1) is 20.0. The lowest BCUT2D eigenvalue weighted by molar-refractivity contribution is -0.139. The lowest BCUT2D eigenvalue weighted by Crippen LogP contribution is -2.53. The largest absolute Gasteiger partial charge is 0.352 e. The number of rotatable bonds is 10. The number of hydrogen-bond donors (Lipinski definition) is 1. The Labute approximate surface area is 262 Å². The first-order valence-electron chi connectivity index (χ1n) is 13.8. The molecule has 1 atom stereocenters. The van der Waals surface area contributed by atoms with E-state index in [1.807, 2.05) is 13.0 Å². The van der Waals surface area contributed by atoms with Gasteiger partial charge in [-0.05, 0) is 80.8 Å². The second-order valence-electron chi connectivity index (χ2n) is 10.5. The van der Waals surface area contributed by atoms with Crippen LogP contribution in [0, 0.1) is 6.92 Å². The number of carbonyl (C=O) groups is 2. The van der Waals surface area contributed by atoms with E-state index in [1.54, 1.807) is 43.3 Å². The molecule has 0 spiro atoms. The van der Waals surface area contributed by atoms with E-state index in [1.165, 1.54) is 29.2 Å². The Bertz CT molecular complexity index is 1510. The molecular weight excluding hydrogens is 617 g/mol. The Hall–Kier alpha value is -2.78. The van der Waals surface area contributed by atoms with Gasteiger partial charge in [-0.3, -0.25) is 13.9 Å². The van der Waals surface area contributed by atoms with Crippen molar-refractivity contribution in [3.8, 4) is 0 Å². The molecule has 4 rings (SSSR count). The highest BCUT2D eigenvalue weighted by Gasteiger charge is 2.34. The van der Waals surface area contributed by atoms with Crippen LogP contribution >= 0.6 is 34.8 Å². The number of halogens is 3. The zero-order valence-corrected chi connectivity index (χ0v) is 26.6. The third kappa shape index (κ3) is 7.78. The number of amides is 2. The number of nitrogens with zero attached hydrogens (tertiary/aromatic N) is 2. The van der Waals surface area contributed by atoms with Crippen LogP contribution in [0.15, 0.2) is 71.6 Å². The normalized spacial score (nSPS) is 14.7. The molecule has 0 aliphatic heterocycles. The van der Waals surface area contributed by atoms with Gasteiger partial charge in [-0.1, -0.05) is 72.3 Å². The van der Waals surface area contributed by atoms with Gasteiger partial charge >= 0.3 is 0 Å². The molecule has 3 aromatic carbocycles. The Balaban J connectivity index is 1.71. The number of carbonyl (C=O) groups excluding carboxylic acids is 2. The highest BCUT2D eigenvalue weighted by molar-refractivity contribution is 7.92. The van der Waals surface area contributed by atoms with Crippen molar-refractivity contribution in [2.24, 2.45) is 0 Å². The van der Waals surface area contributed by atoms with E-state index in [2.05, 4.69) is 5.32 Å². The van der Waals surface area contributed by atoms with Gasteiger partial charge in [0.2, 0.25) is 11.8 Å². The summed E-state index contributed by atoms with van der Waals surface area (Å²) in [6, 6.07) is 16.7. The maximum absolute atomic E-state index is 14.1. The van der Waals surface area contributed by atoms with Crippen molar-refractivity contribution in [2.45, 2.75) is 69.5 Å². The minimum absolute atomic E-state index is 0.0232. The zero-order chi connectivity index (χ0) is 30.4. The van der Waals surface area contributed by atoms with Crippen molar-refractivity contribution in [2.75, 3.05) is 10.8 Å². The van der Waals surface area contributed by atoms with Crippen molar-refractivity contribution in [3.63, 3.8) is 0 Å². The second kappa shape index (κ2) is 14.1. The third-order valence-corrected chi connectivity index (χ3v) is 10.2. The molecular formula is C31H34Cl3N3O4S. The van der Waals surface area contributed by atoms with E-state index in [0.717, 1.165) is 42.0 Å². The first kappa shape index (κ1) is 32.1. The average Bonchev–Trinajstić information content (AvgIpc) is 2.96. The van der Waals surface area contributed by atoms with Crippen molar-refractivity contribution in [3.05, 3.63) is 92.9 Å². The number of nitrogens with one attached hydrogen (secondary N) is 1. The minimum atomic E-state index is -4.20. The molecule has 42 heavy (non-hydrogen) atoms. The molecule has 0 saturated heterocycles. The van der Waals surface area contributed by atoms with Crippen LogP contribution in [-0.2, 0) is 26.2 Å². The molecule has 1 aliphatic carbocycles. The molecule has 2 amide bonds. The van der Waals surface area contributed by atoms with Gasteiger partial charge in [-0.15, -0.1) is 0 Å². The molecule has 0 aromatic heterocycles. The Morgan fingerprint density at radius 1 is 0.929 bits per heavy atom. The number of sulfonamides is 1. The zero-order valence-electron chi connectivity index (χ0n) is 23.5. The van der Waals surface area contributed by atoms with Crippen LogP contribution in [0.4, 0.5) is 5.69 Å². The van der Waals surface area contributed by atoms with Gasteiger partial charge in [0.1, 0.15) is 12.6 Å². The van der Waals surface area contributed by atoms with Crippen LogP contribution in [0.3, 0.4) is 0 Å². The monoisotopic (exact) mass is 649 g/mol. The lowest BCUT2D eigenvalue weighted by atomic mass is 9.95. The molecule has 0 heterocycles. The van der Waals surface area contributed by atoms with Crippen molar-refractivity contribution >= 4 is 62.3 Å². The summed E-state index contributed by atoms with van der Waals surface area (Å²) in [5.41, 5.74) is 1.60. The van der Waals surface area contributed by atoms with Crippen molar-refractivity contribution < 1.29 is 18.0 Å². The second-order valence-corrected chi connectivity index (χ2v) is 13.7. The van der Waals surface area contributed by atoms with Crippen molar-refractivity contribution in [1.29, 1.82) is 0 Å². The summed E-state index contributed by atoms with van der Waals surface area (Å²) >= 11 is 18.9. The highest BCUT2D eigenvalue weighted by atomic mass is 35.5. The molecule has 0 unspecified atom stereocenters. The maximum atomic E-state index is 14.1. The van der Waals surface area contributed by atoms with Crippen LogP contribution < -0.4 is 9.62 Å². The fraction of sp³-hybridized carbons (Fsp3) is 0.355. The molecule has 1 aliphatic rings. The number of anilines is 1. The van der Waals surface area contributed by atoms with Crippen LogP contribution in [0.25, 0.3) is 0 Å². The van der Waals surface area contributed by atoms with E-state index in [0.29, 0.717) is 26.3 Å². The van der Waals surface area contributed by atoms with Gasteiger partial charge < -0.3 is 10.2 Å². The number of aryl methyl sites for hydroxylation is 1. The molecule has 0 bridgehead atoms. The molecule has 0 radical (unpaired) electrons. The number of hydrogen-bond acceptors (Lipinski definition) is 4. The first-order valence-corrected chi connectivity index (χ1v) is 16.4. The van der Waals surface area contributed by atoms with Crippen molar-refractivity contribution in [1.82, 2.24) is 10.2 Å². The van der Waals surface area contributed by atoms with Crippen LogP contribution in [0.2, 0.25) is 15.1 Å². The highest BCUT2D eigenvalue weighted by Crippen LogP contribution is 2.29. The molecule has 1 saturated carbocycles. The predicted octanol–water partition coefficient (Wildman–Crippen LogP) is 7.02. The summed E-state index contributed by atoms with van der Waals surface area (Å²) in [5.74, 6) is -0.905. The summed E-state index contributed by atoms with van der Waals surface area (Å²) in [7, 11) is -4.20. The summed E-state index contributed by atoms with van der Waals surface area (Å²) in [6.07, 6.45) is 4.96. The summed E-state index contributed by atoms with van der Waals surface area (Å²) in [5, 5.41) is 4.14. The smallest absolute Gasteiger partial charge is 0.264 e. The minimum Gasteiger partial charge on any atom is -0.352 e. The summed E-state index contributed by atoms with van der Waals surface area (Å²) < 4.78 is 28.9. The predicted molar refractivity (Wildman–Crippen MR) is 169 cm³/mol. The van der Waals surface area contributed by atoms with Gasteiger partial charge in [-0.25, -0.2) is 8.42 Å². The molecule has 3 aromatic rings. The van der Waals surface area contributed by atoms with Gasteiger partial charge in [0, 0.05) is 33.2 Å². The molecule has 1 fully saturated rings. The fourth-order valence-electron chi connectivity index (χ4n) is 5.05. The summed E-state index contributed by atoms with van der Waals surface area (Å²) in [6.45, 7) is 2.82. The molecule has 224 valence electrons. The van der Waals surface area contributed by atoms with Gasteiger partial charge in [-0.2, -0.15) is 0 Å². The van der Waals surface area contributed by atoms with Crippen LogP contribution in [-0.4, -0.2) is 43.8 Å². The van der Waals surface area contributed by atoms with E-state index >= 15 is 0 Å². The van der Waals surface area contributed by atoms with Gasteiger partial charge in [0.25, 0.3) is 10.0 Å². The molecule has 7 nitrogen and oxygen atoms in total. The number of benzene rings is 3. The van der Waals surface area contributed by atoms with E-state index in [4.69, 9.17) is 34.8 Å². The van der Waals surface area contributed by atoms with Crippen LogP contribution in [0.1, 0.15) is 50.2 Å². The topological polar surface area (TPSA) is 86.8 Å². The van der Waals surface area contributed by atoms with Gasteiger partial charge in [0.05, 0.1) is 10.6 Å². The molecule has 11 heteroatoms. The fourth-order valence-corrected chi connectivity index (χ4v) is 7.10. The summed E-state index contributed by atoms with van der Waals surface area (Å²) in [4.78, 5) is 28.9. The van der Waals surface area contributed by atoms with Gasteiger partial charge in [0.15, 0.2) is 0 Å².